The summed E-state index contributed by atoms with van der Waals surface area (Å²) in [6.07, 6.45) is 9.89. The number of carbonyl (C=O) groups is 2. The number of nitrogens with one attached hydrogen (secondary N) is 1. The standard InChI is InChI=1S/C20H35NO3S2/c1-4-5-6-9-17(18-12-15-25-26-18)10-7-11-19(22)21-13-8-14-24-20(23)16(2)3/h17-18H,2,4-15H2,1,3H3,(H,21,22). The third-order valence-corrected chi connectivity index (χ3v) is 7.64. The van der Waals surface area contributed by atoms with Crippen molar-refractivity contribution < 1.29 is 14.3 Å². The van der Waals surface area contributed by atoms with Gasteiger partial charge in [0, 0.05) is 29.5 Å². The molecular formula is C20H35NO3S2. The summed E-state index contributed by atoms with van der Waals surface area (Å²) in [4.78, 5) is 23.2. The molecule has 150 valence electrons. The van der Waals surface area contributed by atoms with Crippen LogP contribution in [0.25, 0.3) is 0 Å². The SMILES string of the molecule is C=C(C)C(=O)OCCCNC(=O)CCCC(CCCCC)C1CCSS1. The van der Waals surface area contributed by atoms with E-state index in [9.17, 15) is 9.59 Å². The minimum absolute atomic E-state index is 0.108. The van der Waals surface area contributed by atoms with Crippen LogP contribution in [-0.2, 0) is 14.3 Å². The van der Waals surface area contributed by atoms with Crippen LogP contribution in [0.4, 0.5) is 0 Å². The molecule has 0 aromatic rings. The van der Waals surface area contributed by atoms with E-state index in [-0.39, 0.29) is 11.9 Å². The molecule has 0 bridgehead atoms. The first kappa shape index (κ1) is 23.4. The van der Waals surface area contributed by atoms with E-state index in [2.05, 4.69) is 29.6 Å². The van der Waals surface area contributed by atoms with E-state index in [0.717, 1.165) is 24.0 Å². The second-order valence-electron chi connectivity index (χ2n) is 7.01. The van der Waals surface area contributed by atoms with Gasteiger partial charge in [-0.2, -0.15) is 0 Å². The van der Waals surface area contributed by atoms with Gasteiger partial charge in [-0.05, 0) is 44.9 Å². The van der Waals surface area contributed by atoms with Crippen molar-refractivity contribution in [3.8, 4) is 0 Å². The fourth-order valence-electron chi connectivity index (χ4n) is 3.04. The highest BCUT2D eigenvalue weighted by molar-refractivity contribution is 8.77. The van der Waals surface area contributed by atoms with Crippen LogP contribution in [0, 0.1) is 5.92 Å². The lowest BCUT2D eigenvalue weighted by atomic mass is 9.91. The Morgan fingerprint density at radius 2 is 2.00 bits per heavy atom. The molecule has 4 nitrogen and oxygen atoms in total. The van der Waals surface area contributed by atoms with E-state index < -0.39 is 0 Å². The molecule has 1 fully saturated rings. The monoisotopic (exact) mass is 401 g/mol. The summed E-state index contributed by atoms with van der Waals surface area (Å²) in [7, 11) is 4.06. The lowest BCUT2D eigenvalue weighted by Crippen LogP contribution is -2.25. The Hall–Kier alpha value is -0.620. The molecule has 0 radical (unpaired) electrons. The molecular weight excluding hydrogens is 366 g/mol. The highest BCUT2D eigenvalue weighted by atomic mass is 33.1. The van der Waals surface area contributed by atoms with Crippen LogP contribution >= 0.6 is 21.6 Å². The van der Waals surface area contributed by atoms with Gasteiger partial charge in [-0.1, -0.05) is 54.4 Å². The zero-order valence-electron chi connectivity index (χ0n) is 16.4. The molecule has 1 amide bonds. The van der Waals surface area contributed by atoms with Gasteiger partial charge in [0.1, 0.15) is 0 Å². The Balaban J connectivity index is 2.13. The van der Waals surface area contributed by atoms with Crippen LogP contribution in [0.15, 0.2) is 12.2 Å². The molecule has 0 aromatic carbocycles. The molecule has 1 N–H and O–H groups in total. The Morgan fingerprint density at radius 3 is 2.65 bits per heavy atom. The van der Waals surface area contributed by atoms with Crippen LogP contribution in [0.1, 0.15) is 71.6 Å². The van der Waals surface area contributed by atoms with E-state index in [4.69, 9.17) is 4.74 Å². The predicted octanol–water partition coefficient (Wildman–Crippen LogP) is 5.13. The largest absolute Gasteiger partial charge is 0.462 e. The smallest absolute Gasteiger partial charge is 0.333 e. The first-order valence-electron chi connectivity index (χ1n) is 9.92. The number of esters is 1. The van der Waals surface area contributed by atoms with Crippen molar-refractivity contribution >= 4 is 33.5 Å². The van der Waals surface area contributed by atoms with Gasteiger partial charge in [-0.25, -0.2) is 4.79 Å². The Kier molecular flexibility index (Phi) is 13.0. The van der Waals surface area contributed by atoms with Gasteiger partial charge in [0.15, 0.2) is 0 Å². The Bertz CT molecular complexity index is 437. The minimum atomic E-state index is -0.367. The zero-order chi connectivity index (χ0) is 19.2. The van der Waals surface area contributed by atoms with E-state index in [1.807, 2.05) is 10.8 Å². The van der Waals surface area contributed by atoms with Crippen molar-refractivity contribution in [2.24, 2.45) is 5.92 Å². The highest BCUT2D eigenvalue weighted by Crippen LogP contribution is 2.44. The fraction of sp³-hybridized carbons (Fsp3) is 0.800. The van der Waals surface area contributed by atoms with Gasteiger partial charge >= 0.3 is 5.97 Å². The molecule has 26 heavy (non-hydrogen) atoms. The maximum atomic E-state index is 12.0. The van der Waals surface area contributed by atoms with E-state index in [1.165, 1.54) is 37.9 Å². The molecule has 1 saturated heterocycles. The van der Waals surface area contributed by atoms with Crippen molar-refractivity contribution in [3.63, 3.8) is 0 Å². The lowest BCUT2D eigenvalue weighted by Gasteiger charge is -2.22. The predicted molar refractivity (Wildman–Crippen MR) is 113 cm³/mol. The van der Waals surface area contributed by atoms with Crippen molar-refractivity contribution in [2.45, 2.75) is 76.9 Å². The van der Waals surface area contributed by atoms with Gasteiger partial charge in [0.25, 0.3) is 0 Å². The molecule has 0 aromatic heterocycles. The number of ether oxygens (including phenoxy) is 1. The molecule has 6 heteroatoms. The fourth-order valence-corrected chi connectivity index (χ4v) is 6.31. The molecule has 2 unspecified atom stereocenters. The summed E-state index contributed by atoms with van der Waals surface area (Å²) < 4.78 is 5.01. The van der Waals surface area contributed by atoms with E-state index >= 15 is 0 Å². The molecule has 1 heterocycles. The van der Waals surface area contributed by atoms with Crippen molar-refractivity contribution in [1.29, 1.82) is 0 Å². The van der Waals surface area contributed by atoms with Crippen molar-refractivity contribution in [1.82, 2.24) is 5.32 Å². The van der Waals surface area contributed by atoms with E-state index in [1.54, 1.807) is 6.92 Å². The molecule has 0 spiro atoms. The third kappa shape index (κ3) is 10.5. The first-order chi connectivity index (χ1) is 12.5. The van der Waals surface area contributed by atoms with Crippen LogP contribution in [0.3, 0.4) is 0 Å². The Morgan fingerprint density at radius 1 is 1.23 bits per heavy atom. The quantitative estimate of drug-likeness (QED) is 0.189. The maximum Gasteiger partial charge on any atom is 0.333 e. The second-order valence-corrected chi connectivity index (χ2v) is 9.74. The third-order valence-electron chi connectivity index (χ3n) is 4.59. The number of carbonyl (C=O) groups excluding carboxylic acids is 2. The number of hydrogen-bond acceptors (Lipinski definition) is 5. The van der Waals surface area contributed by atoms with Crippen LogP contribution in [0.5, 0.6) is 0 Å². The molecule has 1 rings (SSSR count). The van der Waals surface area contributed by atoms with Gasteiger partial charge in [0.2, 0.25) is 5.91 Å². The number of amides is 1. The molecule has 0 aliphatic carbocycles. The summed E-state index contributed by atoms with van der Waals surface area (Å²) in [6.45, 7) is 8.29. The van der Waals surface area contributed by atoms with Crippen LogP contribution in [-0.4, -0.2) is 36.0 Å². The average Bonchev–Trinajstić information content (AvgIpc) is 3.14. The van der Waals surface area contributed by atoms with Gasteiger partial charge in [0.05, 0.1) is 6.61 Å². The van der Waals surface area contributed by atoms with Gasteiger partial charge < -0.3 is 10.1 Å². The summed E-state index contributed by atoms with van der Waals surface area (Å²) >= 11 is 0. The minimum Gasteiger partial charge on any atom is -0.462 e. The van der Waals surface area contributed by atoms with E-state index in [0.29, 0.717) is 31.6 Å². The summed E-state index contributed by atoms with van der Waals surface area (Å²) in [6, 6.07) is 0. The van der Waals surface area contributed by atoms with Gasteiger partial charge in [-0.15, -0.1) is 0 Å². The zero-order valence-corrected chi connectivity index (χ0v) is 18.0. The second kappa shape index (κ2) is 14.4. The molecule has 1 aliphatic heterocycles. The lowest BCUT2D eigenvalue weighted by molar-refractivity contribution is -0.138. The summed E-state index contributed by atoms with van der Waals surface area (Å²) in [5.74, 6) is 1.78. The first-order valence-corrected chi connectivity index (χ1v) is 12.3. The summed E-state index contributed by atoms with van der Waals surface area (Å²) in [5.41, 5.74) is 0.404. The molecule has 1 aliphatic rings. The molecule has 0 saturated carbocycles. The Labute approximate surface area is 167 Å². The van der Waals surface area contributed by atoms with Gasteiger partial charge in [-0.3, -0.25) is 4.79 Å². The maximum absolute atomic E-state index is 12.0. The van der Waals surface area contributed by atoms with Crippen LogP contribution in [0.2, 0.25) is 0 Å². The normalized spacial score (nSPS) is 17.7. The average molecular weight is 402 g/mol. The van der Waals surface area contributed by atoms with Crippen LogP contribution < -0.4 is 5.32 Å². The number of hydrogen-bond donors (Lipinski definition) is 1. The summed E-state index contributed by atoms with van der Waals surface area (Å²) in [5, 5.41) is 3.70. The number of unbranched alkanes of at least 4 members (excludes halogenated alkanes) is 2. The van der Waals surface area contributed by atoms with Crippen molar-refractivity contribution in [2.75, 3.05) is 18.9 Å². The number of rotatable bonds is 14. The topological polar surface area (TPSA) is 55.4 Å². The highest BCUT2D eigenvalue weighted by Gasteiger charge is 2.25. The van der Waals surface area contributed by atoms with Crippen molar-refractivity contribution in [3.05, 3.63) is 12.2 Å². The molecule has 2 atom stereocenters.